The van der Waals surface area contributed by atoms with Gasteiger partial charge in [0.1, 0.15) is 19.3 Å². The second-order valence-corrected chi connectivity index (χ2v) is 21.5. The van der Waals surface area contributed by atoms with Crippen molar-refractivity contribution in [3.63, 3.8) is 0 Å². The highest BCUT2D eigenvalue weighted by Gasteiger charge is 2.30. The van der Waals surface area contributed by atoms with Gasteiger partial charge in [-0.2, -0.15) is 0 Å². The summed E-state index contributed by atoms with van der Waals surface area (Å²) in [6.45, 7) is 6.86. The largest absolute Gasteiger partial charge is 0.472 e. The molecule has 0 aromatic carbocycles. The minimum Gasteiger partial charge on any atom is -0.456 e. The van der Waals surface area contributed by atoms with Crippen molar-refractivity contribution in [2.24, 2.45) is 0 Å². The van der Waals surface area contributed by atoms with Gasteiger partial charge in [0.05, 0.1) is 33.8 Å². The maximum Gasteiger partial charge on any atom is 0.472 e. The fourth-order valence-corrected chi connectivity index (χ4v) is 8.52. The number of likely N-dealkylation sites (N-methyl/N-ethyl adjacent to an activating group) is 1. The molecule has 2 N–H and O–H groups in total. The van der Waals surface area contributed by atoms with E-state index in [0.29, 0.717) is 23.9 Å². The first-order valence-corrected chi connectivity index (χ1v) is 29.8. The first-order chi connectivity index (χ1) is 33.4. The zero-order valence-corrected chi connectivity index (χ0v) is 46.4. The molecule has 0 aliphatic heterocycles. The minimum atomic E-state index is -4.45. The molecule has 0 aromatic heterocycles. The van der Waals surface area contributed by atoms with Gasteiger partial charge in [0, 0.05) is 12.8 Å². The molecule has 1 amide bonds. The van der Waals surface area contributed by atoms with Gasteiger partial charge in [0.2, 0.25) is 5.91 Å². The van der Waals surface area contributed by atoms with E-state index in [9.17, 15) is 19.0 Å². The van der Waals surface area contributed by atoms with Gasteiger partial charge < -0.3 is 19.4 Å². The number of esters is 1. The molecule has 0 aliphatic rings. The van der Waals surface area contributed by atoms with E-state index in [-0.39, 0.29) is 31.5 Å². The quantitative estimate of drug-likeness (QED) is 0.0205. The summed E-state index contributed by atoms with van der Waals surface area (Å²) in [7, 11) is 1.47. The Balaban J connectivity index is 5.38. The molecule has 3 unspecified atom stereocenters. The van der Waals surface area contributed by atoms with Crippen LogP contribution in [0.4, 0.5) is 0 Å². The highest BCUT2D eigenvalue weighted by atomic mass is 31.2. The van der Waals surface area contributed by atoms with Crippen LogP contribution in [0.1, 0.15) is 239 Å². The van der Waals surface area contributed by atoms with Crippen molar-refractivity contribution in [3.05, 3.63) is 72.9 Å². The molecule has 69 heavy (non-hydrogen) atoms. The van der Waals surface area contributed by atoms with Crippen LogP contribution in [0.2, 0.25) is 0 Å². The lowest BCUT2D eigenvalue weighted by Crippen LogP contribution is -2.47. The SMILES string of the molecule is CC/C=C\C/C=C\C/C=C\C/C=C\C/C=C\CCCCCC(=O)OC(/C=C/CCCCCCCCCCC)C(COP(=O)(O)OCC[N+](C)(C)C)NC(=O)CCCCCCCCCCCCCCC. The van der Waals surface area contributed by atoms with Crippen molar-refractivity contribution in [2.45, 2.75) is 251 Å². The number of hydrogen-bond acceptors (Lipinski definition) is 6. The van der Waals surface area contributed by atoms with E-state index in [2.05, 4.69) is 86.8 Å². The Morgan fingerprint density at radius 3 is 1.41 bits per heavy atom. The first-order valence-electron chi connectivity index (χ1n) is 28.3. The molecule has 0 saturated heterocycles. The highest BCUT2D eigenvalue weighted by Crippen LogP contribution is 2.43. The molecule has 10 heteroatoms. The van der Waals surface area contributed by atoms with E-state index in [1.54, 1.807) is 0 Å². The average Bonchev–Trinajstić information content (AvgIpc) is 3.31. The predicted octanol–water partition coefficient (Wildman–Crippen LogP) is 16.9. The normalized spacial score (nSPS) is 14.4. The number of nitrogens with one attached hydrogen (secondary N) is 1. The molecule has 0 radical (unpaired) electrons. The Labute approximate surface area is 425 Å². The fourth-order valence-electron chi connectivity index (χ4n) is 7.79. The standard InChI is InChI=1S/C59H107N2O7P/c1-7-10-13-16-19-22-25-27-28-29-30-31-32-34-37-40-43-46-49-52-59(63)68-57(50-47-44-41-38-35-24-21-18-15-12-9-3)56(55-67-69(64,65)66-54-53-61(4,5)6)60-58(62)51-48-45-42-39-36-33-26-23-20-17-14-11-8-2/h10,13,19,22,27-28,30-31,34,37,47,50,56-57H,7-9,11-12,14-18,20-21,23-26,29,32-33,35-36,38-46,48-49,51-55H2,1-6H3,(H-,60,62,64,65)/p+1/b13-10-,22-19-,28-27-,31-30-,37-34-,50-47+. The summed E-state index contributed by atoms with van der Waals surface area (Å²) >= 11 is 0. The van der Waals surface area contributed by atoms with Gasteiger partial charge in [-0.1, -0.05) is 222 Å². The molecule has 3 atom stereocenters. The molecule has 9 nitrogen and oxygen atoms in total. The Hall–Kier alpha value is -2.55. The number of quaternary nitrogens is 1. The van der Waals surface area contributed by atoms with Gasteiger partial charge in [-0.15, -0.1) is 0 Å². The highest BCUT2D eigenvalue weighted by molar-refractivity contribution is 7.47. The topological polar surface area (TPSA) is 111 Å². The molecule has 0 rings (SSSR count). The van der Waals surface area contributed by atoms with Crippen LogP contribution >= 0.6 is 7.82 Å². The molecule has 400 valence electrons. The number of nitrogens with zero attached hydrogens (tertiary/aromatic N) is 1. The second kappa shape index (κ2) is 49.0. The van der Waals surface area contributed by atoms with Crippen LogP contribution in [0, 0.1) is 0 Å². The summed E-state index contributed by atoms with van der Waals surface area (Å²) in [5.74, 6) is -0.543. The summed E-state index contributed by atoms with van der Waals surface area (Å²) < 4.78 is 30.5. The molecular weight excluding hydrogens is 880 g/mol. The van der Waals surface area contributed by atoms with Crippen molar-refractivity contribution in [2.75, 3.05) is 40.9 Å². The molecular formula is C59H108N2O7P+. The number of carbonyl (C=O) groups excluding carboxylic acids is 2. The van der Waals surface area contributed by atoms with Crippen LogP contribution in [0.15, 0.2) is 72.9 Å². The average molecular weight is 988 g/mol. The summed E-state index contributed by atoms with van der Waals surface area (Å²) in [5.41, 5.74) is 0. The van der Waals surface area contributed by atoms with Crippen LogP contribution in [0.25, 0.3) is 0 Å². The molecule has 0 aromatic rings. The van der Waals surface area contributed by atoms with Crippen molar-refractivity contribution in [3.8, 4) is 0 Å². The van der Waals surface area contributed by atoms with Gasteiger partial charge in [0.15, 0.2) is 0 Å². The summed E-state index contributed by atoms with van der Waals surface area (Å²) in [5, 5.41) is 3.03. The number of hydrogen-bond donors (Lipinski definition) is 2. The number of allylic oxidation sites excluding steroid dienone is 11. The van der Waals surface area contributed by atoms with Gasteiger partial charge >= 0.3 is 13.8 Å². The zero-order valence-electron chi connectivity index (χ0n) is 45.5. The Morgan fingerprint density at radius 1 is 0.522 bits per heavy atom. The Morgan fingerprint density at radius 2 is 0.928 bits per heavy atom. The summed E-state index contributed by atoms with van der Waals surface area (Å²) in [4.78, 5) is 37.5. The van der Waals surface area contributed by atoms with Gasteiger partial charge in [-0.3, -0.25) is 18.6 Å². The monoisotopic (exact) mass is 988 g/mol. The third kappa shape index (κ3) is 50.2. The fraction of sp³-hybridized carbons (Fsp3) is 0.763. The van der Waals surface area contributed by atoms with E-state index in [0.717, 1.165) is 89.9 Å². The lowest BCUT2D eigenvalue weighted by Gasteiger charge is -2.27. The van der Waals surface area contributed by atoms with Gasteiger partial charge in [-0.25, -0.2) is 4.57 Å². The number of rotatable bonds is 50. The van der Waals surface area contributed by atoms with E-state index < -0.39 is 20.0 Å². The lowest BCUT2D eigenvalue weighted by molar-refractivity contribution is -0.870. The number of ether oxygens (including phenoxy) is 1. The van der Waals surface area contributed by atoms with Gasteiger partial charge in [-0.05, 0) is 76.7 Å². The third-order valence-electron chi connectivity index (χ3n) is 12.2. The molecule has 0 spiro atoms. The molecule has 0 bridgehead atoms. The van der Waals surface area contributed by atoms with E-state index in [4.69, 9.17) is 13.8 Å². The van der Waals surface area contributed by atoms with Crippen LogP contribution in [-0.2, 0) is 27.9 Å². The van der Waals surface area contributed by atoms with E-state index in [1.165, 1.54) is 109 Å². The smallest absolute Gasteiger partial charge is 0.456 e. The Kier molecular flexibility index (Phi) is 47.2. The Bertz CT molecular complexity index is 1420. The lowest BCUT2D eigenvalue weighted by atomic mass is 10.0. The molecule has 0 saturated carbocycles. The predicted molar refractivity (Wildman–Crippen MR) is 295 cm³/mol. The maximum atomic E-state index is 13.5. The second-order valence-electron chi connectivity index (χ2n) is 20.1. The number of phosphoric ester groups is 1. The van der Waals surface area contributed by atoms with Crippen molar-refractivity contribution in [1.29, 1.82) is 0 Å². The third-order valence-corrected chi connectivity index (χ3v) is 13.1. The number of amides is 1. The molecule has 0 aliphatic carbocycles. The van der Waals surface area contributed by atoms with Crippen LogP contribution < -0.4 is 5.32 Å². The summed E-state index contributed by atoms with van der Waals surface area (Å²) in [6, 6.07) is -0.861. The molecule has 0 heterocycles. The van der Waals surface area contributed by atoms with Crippen LogP contribution in [0.3, 0.4) is 0 Å². The number of phosphoric acid groups is 1. The molecule has 0 fully saturated rings. The van der Waals surface area contributed by atoms with Crippen molar-refractivity contribution >= 4 is 19.7 Å². The first kappa shape index (κ1) is 66.5. The van der Waals surface area contributed by atoms with E-state index >= 15 is 0 Å². The zero-order chi connectivity index (χ0) is 50.8. The van der Waals surface area contributed by atoms with E-state index in [1.807, 2.05) is 33.3 Å². The van der Waals surface area contributed by atoms with Crippen molar-refractivity contribution < 1.29 is 37.3 Å². The van der Waals surface area contributed by atoms with Crippen molar-refractivity contribution in [1.82, 2.24) is 5.32 Å². The summed E-state index contributed by atoms with van der Waals surface area (Å²) in [6.07, 6.45) is 61.8. The van der Waals surface area contributed by atoms with Crippen LogP contribution in [-0.4, -0.2) is 74.3 Å². The minimum absolute atomic E-state index is 0.0332. The maximum absolute atomic E-state index is 13.5. The number of carbonyl (C=O) groups is 2. The van der Waals surface area contributed by atoms with Crippen LogP contribution in [0.5, 0.6) is 0 Å². The van der Waals surface area contributed by atoms with Gasteiger partial charge in [0.25, 0.3) is 0 Å². The number of unbranched alkanes of at least 4 members (excludes halogenated alkanes) is 24.